The van der Waals surface area contributed by atoms with E-state index in [0.717, 1.165) is 29.9 Å². The monoisotopic (exact) mass is 296 g/mol. The second-order valence-electron chi connectivity index (χ2n) is 6.47. The zero-order chi connectivity index (χ0) is 15.5. The first-order chi connectivity index (χ1) is 10.7. The lowest BCUT2D eigenvalue weighted by Crippen LogP contribution is -2.37. The molecule has 0 amide bonds. The Labute approximate surface area is 132 Å². The number of hydrogen-bond acceptors (Lipinski definition) is 3. The molecule has 1 fully saturated rings. The Morgan fingerprint density at radius 3 is 2.95 bits per heavy atom. The van der Waals surface area contributed by atoms with Crippen molar-refractivity contribution in [3.8, 4) is 6.07 Å². The number of nitriles is 1. The second kappa shape index (κ2) is 6.50. The van der Waals surface area contributed by atoms with Gasteiger partial charge in [-0.25, -0.2) is 4.98 Å². The van der Waals surface area contributed by atoms with Crippen molar-refractivity contribution in [1.29, 1.82) is 5.26 Å². The van der Waals surface area contributed by atoms with Gasteiger partial charge in [-0.05, 0) is 45.4 Å². The number of aromatic nitrogens is 2. The van der Waals surface area contributed by atoms with Gasteiger partial charge in [0.2, 0.25) is 0 Å². The van der Waals surface area contributed by atoms with Crippen molar-refractivity contribution >= 4 is 11.0 Å². The number of imidazole rings is 1. The van der Waals surface area contributed by atoms with Crippen LogP contribution in [0.2, 0.25) is 0 Å². The maximum absolute atomic E-state index is 9.17. The average Bonchev–Trinajstić information content (AvgIpc) is 2.87. The molecule has 1 aliphatic rings. The summed E-state index contributed by atoms with van der Waals surface area (Å²) in [4.78, 5) is 7.37. The number of benzene rings is 1. The fourth-order valence-electron chi connectivity index (χ4n) is 3.34. The van der Waals surface area contributed by atoms with E-state index in [1.54, 1.807) is 0 Å². The van der Waals surface area contributed by atoms with Crippen LogP contribution in [-0.2, 0) is 13.1 Å². The SMILES string of the molecule is CC(C#N)Cn1c(CN2CCCCC2C)nc2ccccc21. The van der Waals surface area contributed by atoms with Crippen LogP contribution in [0.25, 0.3) is 11.0 Å². The minimum atomic E-state index is -0.00450. The van der Waals surface area contributed by atoms with E-state index in [9.17, 15) is 0 Å². The van der Waals surface area contributed by atoms with Crippen LogP contribution in [0.15, 0.2) is 24.3 Å². The third-order valence-corrected chi connectivity index (χ3v) is 4.70. The number of likely N-dealkylation sites (tertiary alicyclic amines) is 1. The number of rotatable bonds is 4. The van der Waals surface area contributed by atoms with Crippen molar-refractivity contribution in [2.24, 2.45) is 5.92 Å². The summed E-state index contributed by atoms with van der Waals surface area (Å²) >= 11 is 0. The van der Waals surface area contributed by atoms with E-state index >= 15 is 0 Å². The van der Waals surface area contributed by atoms with Gasteiger partial charge in [0.25, 0.3) is 0 Å². The lowest BCUT2D eigenvalue weighted by Gasteiger charge is -2.33. The average molecular weight is 296 g/mol. The molecule has 0 N–H and O–H groups in total. The smallest absolute Gasteiger partial charge is 0.124 e. The van der Waals surface area contributed by atoms with Gasteiger partial charge in [-0.1, -0.05) is 18.6 Å². The van der Waals surface area contributed by atoms with Crippen LogP contribution in [-0.4, -0.2) is 27.0 Å². The first-order valence-corrected chi connectivity index (χ1v) is 8.27. The Balaban J connectivity index is 1.93. The van der Waals surface area contributed by atoms with Crippen LogP contribution in [0.5, 0.6) is 0 Å². The van der Waals surface area contributed by atoms with Crippen LogP contribution in [0.3, 0.4) is 0 Å². The molecule has 2 aromatic rings. The highest BCUT2D eigenvalue weighted by Crippen LogP contribution is 2.22. The molecule has 1 aliphatic heterocycles. The summed E-state index contributed by atoms with van der Waals surface area (Å²) in [5.74, 6) is 1.09. The maximum atomic E-state index is 9.17. The van der Waals surface area contributed by atoms with Gasteiger partial charge in [0.05, 0.1) is 29.6 Å². The fraction of sp³-hybridized carbons (Fsp3) is 0.556. The van der Waals surface area contributed by atoms with Crippen LogP contribution in [0, 0.1) is 17.2 Å². The first kappa shape index (κ1) is 15.1. The summed E-state index contributed by atoms with van der Waals surface area (Å²) in [6.07, 6.45) is 3.88. The third-order valence-electron chi connectivity index (χ3n) is 4.70. The van der Waals surface area contributed by atoms with E-state index < -0.39 is 0 Å². The van der Waals surface area contributed by atoms with E-state index in [1.807, 2.05) is 19.1 Å². The first-order valence-electron chi connectivity index (χ1n) is 8.27. The summed E-state index contributed by atoms with van der Waals surface area (Å²) in [5.41, 5.74) is 2.18. The summed E-state index contributed by atoms with van der Waals surface area (Å²) in [6.45, 7) is 7.03. The maximum Gasteiger partial charge on any atom is 0.124 e. The number of nitrogens with zero attached hydrogens (tertiary/aromatic N) is 4. The lowest BCUT2D eigenvalue weighted by atomic mass is 10.0. The molecule has 0 aliphatic carbocycles. The van der Waals surface area contributed by atoms with E-state index in [0.29, 0.717) is 12.6 Å². The van der Waals surface area contributed by atoms with Gasteiger partial charge in [-0.3, -0.25) is 4.90 Å². The second-order valence-corrected chi connectivity index (χ2v) is 6.47. The molecule has 2 atom stereocenters. The van der Waals surface area contributed by atoms with Crippen molar-refractivity contribution in [3.63, 3.8) is 0 Å². The minimum Gasteiger partial charge on any atom is -0.326 e. The molecule has 0 saturated carbocycles. The van der Waals surface area contributed by atoms with E-state index in [4.69, 9.17) is 10.2 Å². The van der Waals surface area contributed by atoms with Crippen LogP contribution < -0.4 is 0 Å². The zero-order valence-corrected chi connectivity index (χ0v) is 13.5. The van der Waals surface area contributed by atoms with Crippen LogP contribution >= 0.6 is 0 Å². The topological polar surface area (TPSA) is 44.9 Å². The predicted octanol–water partition coefficient (Wildman–Crippen LogP) is 3.57. The molecule has 1 saturated heterocycles. The Bertz CT molecular complexity index is 682. The summed E-state index contributed by atoms with van der Waals surface area (Å²) in [5, 5.41) is 9.17. The Kier molecular flexibility index (Phi) is 4.44. The molecule has 0 spiro atoms. The molecule has 2 heterocycles. The molecular weight excluding hydrogens is 272 g/mol. The summed E-state index contributed by atoms with van der Waals surface area (Å²) in [7, 11) is 0. The van der Waals surface area contributed by atoms with Gasteiger partial charge in [-0.15, -0.1) is 0 Å². The van der Waals surface area contributed by atoms with Crippen molar-refractivity contribution in [3.05, 3.63) is 30.1 Å². The quantitative estimate of drug-likeness (QED) is 0.866. The Hall–Kier alpha value is -1.86. The number of para-hydroxylation sites is 2. The van der Waals surface area contributed by atoms with Gasteiger partial charge < -0.3 is 4.57 Å². The van der Waals surface area contributed by atoms with Gasteiger partial charge in [0, 0.05) is 12.6 Å². The molecule has 22 heavy (non-hydrogen) atoms. The zero-order valence-electron chi connectivity index (χ0n) is 13.5. The van der Waals surface area contributed by atoms with Gasteiger partial charge in [0.15, 0.2) is 0 Å². The normalized spacial score (nSPS) is 20.9. The molecule has 116 valence electrons. The number of hydrogen-bond donors (Lipinski definition) is 0. The Morgan fingerprint density at radius 2 is 2.18 bits per heavy atom. The molecule has 1 aromatic heterocycles. The summed E-state index contributed by atoms with van der Waals surface area (Å²) in [6, 6.07) is 11.2. The third kappa shape index (κ3) is 3.00. The van der Waals surface area contributed by atoms with Crippen molar-refractivity contribution < 1.29 is 0 Å². The highest BCUT2D eigenvalue weighted by atomic mass is 15.2. The van der Waals surface area contributed by atoms with E-state index in [-0.39, 0.29) is 5.92 Å². The van der Waals surface area contributed by atoms with Gasteiger partial charge >= 0.3 is 0 Å². The predicted molar refractivity (Wildman–Crippen MR) is 88.2 cm³/mol. The summed E-state index contributed by atoms with van der Waals surface area (Å²) < 4.78 is 2.24. The lowest BCUT2D eigenvalue weighted by molar-refractivity contribution is 0.147. The number of fused-ring (bicyclic) bond motifs is 1. The molecule has 2 unspecified atom stereocenters. The van der Waals surface area contributed by atoms with E-state index in [1.165, 1.54) is 19.3 Å². The molecule has 1 aromatic carbocycles. The van der Waals surface area contributed by atoms with Gasteiger partial charge in [0.1, 0.15) is 5.82 Å². The molecule has 0 bridgehead atoms. The Morgan fingerprint density at radius 1 is 1.36 bits per heavy atom. The van der Waals surface area contributed by atoms with Gasteiger partial charge in [-0.2, -0.15) is 5.26 Å². The van der Waals surface area contributed by atoms with Crippen molar-refractivity contribution in [1.82, 2.24) is 14.5 Å². The largest absolute Gasteiger partial charge is 0.326 e. The van der Waals surface area contributed by atoms with Crippen molar-refractivity contribution in [2.75, 3.05) is 6.54 Å². The molecule has 3 rings (SSSR count). The standard InChI is InChI=1S/C18H24N4/c1-14(11-19)12-22-17-9-4-3-8-16(17)20-18(22)13-21-10-6-5-7-15(21)2/h3-4,8-9,14-15H,5-7,10,12-13H2,1-2H3. The molecule has 4 nitrogen and oxygen atoms in total. The molecule has 4 heteroatoms. The highest BCUT2D eigenvalue weighted by Gasteiger charge is 2.21. The molecule has 0 radical (unpaired) electrons. The fourth-order valence-corrected chi connectivity index (χ4v) is 3.34. The van der Waals surface area contributed by atoms with Crippen LogP contribution in [0.4, 0.5) is 0 Å². The highest BCUT2D eigenvalue weighted by molar-refractivity contribution is 5.75. The van der Waals surface area contributed by atoms with Crippen molar-refractivity contribution in [2.45, 2.75) is 52.2 Å². The number of piperidine rings is 1. The van der Waals surface area contributed by atoms with E-state index in [2.05, 4.69) is 34.6 Å². The van der Waals surface area contributed by atoms with Crippen LogP contribution in [0.1, 0.15) is 38.9 Å². The minimum absolute atomic E-state index is 0.00450. The molecular formula is C18H24N4.